The fraction of sp³-hybridized carbons (Fsp3) is 0.667. The van der Waals surface area contributed by atoms with Gasteiger partial charge in [-0.1, -0.05) is 0 Å². The van der Waals surface area contributed by atoms with Crippen LogP contribution in [0.3, 0.4) is 0 Å². The quantitative estimate of drug-likeness (QED) is 0.747. The number of hydrogen-bond donors (Lipinski definition) is 0. The molecule has 0 saturated carbocycles. The highest BCUT2D eigenvalue weighted by Crippen LogP contribution is 2.41. The summed E-state index contributed by atoms with van der Waals surface area (Å²) in [4.78, 5) is 28.0. The summed E-state index contributed by atoms with van der Waals surface area (Å²) in [6.07, 6.45) is 5.79. The normalized spacial score (nSPS) is 24.3. The van der Waals surface area contributed by atoms with E-state index in [1.807, 2.05) is 0 Å². The summed E-state index contributed by atoms with van der Waals surface area (Å²) in [5, 5.41) is 4.10. The maximum Gasteiger partial charge on any atom is 0.227 e. The Hall–Kier alpha value is -1.90. The average Bonchev–Trinajstić information content (AvgIpc) is 3.16. The van der Waals surface area contributed by atoms with Gasteiger partial charge in [-0.15, -0.1) is 0 Å². The Kier molecular flexibility index (Phi) is 4.15. The van der Waals surface area contributed by atoms with Gasteiger partial charge in [-0.3, -0.25) is 14.3 Å². The smallest absolute Gasteiger partial charge is 0.227 e. The van der Waals surface area contributed by atoms with E-state index in [0.717, 1.165) is 18.4 Å². The second kappa shape index (κ2) is 5.87. The van der Waals surface area contributed by atoms with E-state index in [9.17, 15) is 18.0 Å². The van der Waals surface area contributed by atoms with Crippen LogP contribution in [0.25, 0.3) is 0 Å². The Morgan fingerprint density at radius 2 is 2.12 bits per heavy atom. The van der Waals surface area contributed by atoms with Crippen LogP contribution < -0.4 is 4.90 Å². The lowest BCUT2D eigenvalue weighted by Crippen LogP contribution is -2.34. The van der Waals surface area contributed by atoms with E-state index in [1.54, 1.807) is 33.9 Å². The van der Waals surface area contributed by atoms with Crippen molar-refractivity contribution in [2.75, 3.05) is 36.5 Å². The van der Waals surface area contributed by atoms with Gasteiger partial charge in [-0.25, -0.2) is 8.42 Å². The number of anilines is 1. The number of rotatable bonds is 4. The zero-order valence-corrected chi connectivity index (χ0v) is 14.8. The highest BCUT2D eigenvalue weighted by atomic mass is 32.2. The standard InChI is InChI=1S/C15H22N4O4S/c1-17-9-12(8-16-17)19-11-15(7-14(19)21)4-5-18(10-15)13(20)3-6-24(2,22)23/h8-9H,3-7,10-11H2,1-2H3. The van der Waals surface area contributed by atoms with Crippen LogP contribution in [-0.4, -0.2) is 66.6 Å². The minimum Gasteiger partial charge on any atom is -0.342 e. The van der Waals surface area contributed by atoms with Gasteiger partial charge in [0.25, 0.3) is 0 Å². The number of nitrogens with zero attached hydrogens (tertiary/aromatic N) is 4. The molecule has 2 saturated heterocycles. The number of likely N-dealkylation sites (tertiary alicyclic amines) is 1. The van der Waals surface area contributed by atoms with Crippen molar-refractivity contribution < 1.29 is 18.0 Å². The summed E-state index contributed by atoms with van der Waals surface area (Å²) in [7, 11) is -1.34. The predicted octanol–water partition coefficient (Wildman–Crippen LogP) is -0.190. The molecule has 1 atom stereocenters. The summed E-state index contributed by atoms with van der Waals surface area (Å²) in [6, 6.07) is 0. The second-order valence-electron chi connectivity index (χ2n) is 6.97. The highest BCUT2D eigenvalue weighted by Gasteiger charge is 2.48. The van der Waals surface area contributed by atoms with Crippen LogP contribution in [0.15, 0.2) is 12.4 Å². The van der Waals surface area contributed by atoms with Gasteiger partial charge in [0.05, 0.1) is 17.6 Å². The molecule has 0 aromatic carbocycles. The molecule has 24 heavy (non-hydrogen) atoms. The molecule has 1 aromatic heterocycles. The van der Waals surface area contributed by atoms with Crippen molar-refractivity contribution in [2.24, 2.45) is 12.5 Å². The Labute approximate surface area is 141 Å². The molecule has 0 aliphatic carbocycles. The van der Waals surface area contributed by atoms with Gasteiger partial charge in [-0.05, 0) is 6.42 Å². The molecular formula is C15H22N4O4S. The largest absolute Gasteiger partial charge is 0.342 e. The molecule has 9 heteroatoms. The van der Waals surface area contributed by atoms with Crippen molar-refractivity contribution >= 4 is 27.3 Å². The lowest BCUT2D eigenvalue weighted by atomic mass is 9.86. The third-order valence-electron chi connectivity index (χ3n) is 4.80. The number of carbonyl (C=O) groups is 2. The van der Waals surface area contributed by atoms with E-state index in [0.29, 0.717) is 26.1 Å². The molecule has 0 N–H and O–H groups in total. The van der Waals surface area contributed by atoms with Crippen molar-refractivity contribution in [3.8, 4) is 0 Å². The number of carbonyl (C=O) groups excluding carboxylic acids is 2. The first-order valence-electron chi connectivity index (χ1n) is 7.92. The molecule has 8 nitrogen and oxygen atoms in total. The molecule has 2 fully saturated rings. The number of aromatic nitrogens is 2. The second-order valence-corrected chi connectivity index (χ2v) is 9.23. The minimum atomic E-state index is -3.15. The van der Waals surface area contributed by atoms with E-state index < -0.39 is 9.84 Å². The molecule has 0 radical (unpaired) electrons. The first kappa shape index (κ1) is 16.9. The maximum atomic E-state index is 12.4. The van der Waals surface area contributed by atoms with E-state index in [1.165, 1.54) is 0 Å². The summed E-state index contributed by atoms with van der Waals surface area (Å²) >= 11 is 0. The van der Waals surface area contributed by atoms with Gasteiger partial charge in [0.1, 0.15) is 9.84 Å². The molecule has 1 aromatic rings. The topological polar surface area (TPSA) is 92.6 Å². The molecule has 1 spiro atoms. The zero-order chi connectivity index (χ0) is 17.5. The molecule has 1 unspecified atom stereocenters. The van der Waals surface area contributed by atoms with Crippen LogP contribution in [0.1, 0.15) is 19.3 Å². The van der Waals surface area contributed by atoms with Crippen LogP contribution in [0.4, 0.5) is 5.69 Å². The van der Waals surface area contributed by atoms with Gasteiger partial charge < -0.3 is 9.80 Å². The van der Waals surface area contributed by atoms with Crippen LogP contribution in [-0.2, 0) is 26.5 Å². The van der Waals surface area contributed by atoms with Crippen LogP contribution in [0, 0.1) is 5.41 Å². The Bertz CT molecular complexity index is 772. The van der Waals surface area contributed by atoms with Crippen molar-refractivity contribution in [1.29, 1.82) is 0 Å². The molecule has 132 valence electrons. The molecule has 2 aliphatic heterocycles. The first-order chi connectivity index (χ1) is 11.2. The SMILES string of the molecule is Cn1cc(N2CC3(CCN(C(=O)CCS(C)(=O)=O)C3)CC2=O)cn1. The third kappa shape index (κ3) is 3.45. The van der Waals surface area contributed by atoms with Crippen molar-refractivity contribution in [2.45, 2.75) is 19.3 Å². The molecule has 3 heterocycles. The zero-order valence-electron chi connectivity index (χ0n) is 13.9. The summed E-state index contributed by atoms with van der Waals surface area (Å²) in [5.41, 5.74) is 0.550. The lowest BCUT2D eigenvalue weighted by molar-refractivity contribution is -0.130. The summed E-state index contributed by atoms with van der Waals surface area (Å²) in [5.74, 6) is -0.228. The fourth-order valence-electron chi connectivity index (χ4n) is 3.53. The number of hydrogen-bond acceptors (Lipinski definition) is 5. The number of sulfone groups is 1. The average molecular weight is 354 g/mol. The lowest BCUT2D eigenvalue weighted by Gasteiger charge is -2.23. The molecular weight excluding hydrogens is 332 g/mol. The Morgan fingerprint density at radius 1 is 1.38 bits per heavy atom. The van der Waals surface area contributed by atoms with E-state index in [2.05, 4.69) is 5.10 Å². The predicted molar refractivity (Wildman–Crippen MR) is 88.1 cm³/mol. The summed E-state index contributed by atoms with van der Waals surface area (Å²) in [6.45, 7) is 1.67. The van der Waals surface area contributed by atoms with Crippen molar-refractivity contribution in [3.05, 3.63) is 12.4 Å². The van der Waals surface area contributed by atoms with Crippen molar-refractivity contribution in [1.82, 2.24) is 14.7 Å². The Morgan fingerprint density at radius 3 is 2.75 bits per heavy atom. The molecule has 2 aliphatic rings. The number of aryl methyl sites for hydroxylation is 1. The van der Waals surface area contributed by atoms with Gasteiger partial charge in [-0.2, -0.15) is 5.10 Å². The van der Waals surface area contributed by atoms with E-state index >= 15 is 0 Å². The van der Waals surface area contributed by atoms with Gasteiger partial charge >= 0.3 is 0 Å². The van der Waals surface area contributed by atoms with Gasteiger partial charge in [0, 0.05) is 57.4 Å². The van der Waals surface area contributed by atoms with Gasteiger partial charge in [0.2, 0.25) is 11.8 Å². The van der Waals surface area contributed by atoms with Gasteiger partial charge in [0.15, 0.2) is 0 Å². The fourth-order valence-corrected chi connectivity index (χ4v) is 4.08. The monoisotopic (exact) mass is 354 g/mol. The number of amides is 2. The molecule has 3 rings (SSSR count). The molecule has 2 amide bonds. The van der Waals surface area contributed by atoms with Crippen LogP contribution in [0.2, 0.25) is 0 Å². The molecule has 0 bridgehead atoms. The van der Waals surface area contributed by atoms with E-state index in [4.69, 9.17) is 0 Å². The minimum absolute atomic E-state index is 0.00911. The van der Waals surface area contributed by atoms with Crippen molar-refractivity contribution in [3.63, 3.8) is 0 Å². The highest BCUT2D eigenvalue weighted by molar-refractivity contribution is 7.90. The maximum absolute atomic E-state index is 12.4. The Balaban J connectivity index is 1.64. The van der Waals surface area contributed by atoms with E-state index in [-0.39, 0.29) is 29.4 Å². The summed E-state index contributed by atoms with van der Waals surface area (Å²) < 4.78 is 24.1. The first-order valence-corrected chi connectivity index (χ1v) is 9.98. The third-order valence-corrected chi connectivity index (χ3v) is 5.75. The van der Waals surface area contributed by atoms with Crippen LogP contribution in [0.5, 0.6) is 0 Å². The van der Waals surface area contributed by atoms with Crippen LogP contribution >= 0.6 is 0 Å².